The Morgan fingerprint density at radius 2 is 2.07 bits per heavy atom. The van der Waals surface area contributed by atoms with Crippen molar-refractivity contribution >= 4 is 28.6 Å². The number of Topliss-reactive ketones (excluding diaryl/α,β-unsaturated/α-hetero) is 1. The summed E-state index contributed by atoms with van der Waals surface area (Å²) < 4.78 is 34.4. The molecule has 2 aliphatic rings. The lowest BCUT2D eigenvalue weighted by Gasteiger charge is -2.28. The van der Waals surface area contributed by atoms with Crippen LogP contribution in [0.15, 0.2) is 24.4 Å². The minimum atomic E-state index is -2.61. The maximum Gasteiger partial charge on any atom is 0.248 e. The third kappa shape index (κ3) is 3.72. The van der Waals surface area contributed by atoms with E-state index in [9.17, 15) is 13.6 Å². The molecule has 1 N–H and O–H groups in total. The van der Waals surface area contributed by atoms with Gasteiger partial charge in [-0.1, -0.05) is 11.6 Å². The summed E-state index contributed by atoms with van der Waals surface area (Å²) in [5.41, 5.74) is 1.80. The van der Waals surface area contributed by atoms with Gasteiger partial charge in [-0.25, -0.2) is 8.78 Å². The molecule has 28 heavy (non-hydrogen) atoms. The van der Waals surface area contributed by atoms with Crippen molar-refractivity contribution < 1.29 is 18.3 Å². The molecule has 2 aromatic rings. The van der Waals surface area contributed by atoms with Crippen LogP contribution in [0.2, 0.25) is 5.02 Å². The first kappa shape index (κ1) is 19.5. The molecule has 7 heteroatoms. The monoisotopic (exact) mass is 408 g/mol. The molecule has 0 bridgehead atoms. The molecule has 1 atom stereocenters. The molecule has 1 aliphatic carbocycles. The van der Waals surface area contributed by atoms with Crippen molar-refractivity contribution in [1.29, 1.82) is 5.41 Å². The molecule has 150 valence electrons. The Morgan fingerprint density at radius 1 is 1.32 bits per heavy atom. The van der Waals surface area contributed by atoms with Crippen LogP contribution in [0.3, 0.4) is 0 Å². The second-order valence-corrected chi connectivity index (χ2v) is 8.28. The number of halogens is 3. The van der Waals surface area contributed by atoms with Gasteiger partial charge in [-0.05, 0) is 56.2 Å². The third-order valence-corrected chi connectivity index (χ3v) is 6.18. The van der Waals surface area contributed by atoms with E-state index in [0.717, 1.165) is 18.5 Å². The van der Waals surface area contributed by atoms with Gasteiger partial charge in [0.05, 0.1) is 33.6 Å². The molecule has 1 saturated heterocycles. The number of nitrogens with zero attached hydrogens (tertiary/aromatic N) is 1. The van der Waals surface area contributed by atoms with Crippen molar-refractivity contribution in [3.8, 4) is 0 Å². The summed E-state index contributed by atoms with van der Waals surface area (Å²) >= 11 is 6.39. The van der Waals surface area contributed by atoms with Crippen molar-refractivity contribution in [3.05, 3.63) is 40.7 Å². The first-order valence-corrected chi connectivity index (χ1v) is 10.1. The first-order valence-electron chi connectivity index (χ1n) is 9.77. The summed E-state index contributed by atoms with van der Waals surface area (Å²) in [6.45, 7) is 0.684. The van der Waals surface area contributed by atoms with E-state index < -0.39 is 5.92 Å². The van der Waals surface area contributed by atoms with Gasteiger partial charge in [0.15, 0.2) is 0 Å². The van der Waals surface area contributed by atoms with Crippen LogP contribution in [0.25, 0.3) is 5.52 Å². The van der Waals surface area contributed by atoms with Crippen molar-refractivity contribution in [3.63, 3.8) is 0 Å². The van der Waals surface area contributed by atoms with Crippen LogP contribution in [0.4, 0.5) is 8.78 Å². The second-order valence-electron chi connectivity index (χ2n) is 7.87. The van der Waals surface area contributed by atoms with Crippen molar-refractivity contribution in [2.45, 2.75) is 57.0 Å². The Morgan fingerprint density at radius 3 is 2.75 bits per heavy atom. The van der Waals surface area contributed by atoms with Crippen molar-refractivity contribution in [1.82, 2.24) is 4.40 Å². The lowest BCUT2D eigenvalue weighted by Crippen LogP contribution is -2.27. The highest BCUT2D eigenvalue weighted by Gasteiger charge is 2.36. The van der Waals surface area contributed by atoms with Crippen molar-refractivity contribution in [2.24, 2.45) is 5.92 Å². The fourth-order valence-corrected chi connectivity index (χ4v) is 4.59. The Hall–Kier alpha value is -1.79. The fraction of sp³-hybridized carbons (Fsp3) is 0.524. The Labute approximate surface area is 167 Å². The van der Waals surface area contributed by atoms with E-state index in [2.05, 4.69) is 0 Å². The third-order valence-electron chi connectivity index (χ3n) is 5.88. The van der Waals surface area contributed by atoms with Crippen LogP contribution < -0.4 is 0 Å². The number of aromatic nitrogens is 1. The Balaban J connectivity index is 1.59. The number of carbonyl (C=O) groups is 1. The summed E-state index contributed by atoms with van der Waals surface area (Å²) in [5, 5.41) is 8.76. The second kappa shape index (κ2) is 7.56. The van der Waals surface area contributed by atoms with Gasteiger partial charge in [0.2, 0.25) is 11.7 Å². The maximum atomic E-state index is 13.4. The van der Waals surface area contributed by atoms with E-state index in [4.69, 9.17) is 21.7 Å². The lowest BCUT2D eigenvalue weighted by molar-refractivity contribution is -0.0449. The molecule has 1 unspecified atom stereocenters. The summed E-state index contributed by atoms with van der Waals surface area (Å²) in [6, 6.07) is 5.32. The number of ketones is 1. The van der Waals surface area contributed by atoms with E-state index >= 15 is 0 Å². The zero-order chi connectivity index (χ0) is 19.9. The van der Waals surface area contributed by atoms with Gasteiger partial charge in [-0.15, -0.1) is 0 Å². The number of pyridine rings is 1. The van der Waals surface area contributed by atoms with Gasteiger partial charge in [0, 0.05) is 25.6 Å². The molecule has 0 radical (unpaired) electrons. The molecule has 2 fully saturated rings. The van der Waals surface area contributed by atoms with Gasteiger partial charge in [0.25, 0.3) is 0 Å². The molecule has 1 aliphatic heterocycles. The lowest BCUT2D eigenvalue weighted by atomic mass is 9.82. The highest BCUT2D eigenvalue weighted by Crippen LogP contribution is 2.38. The van der Waals surface area contributed by atoms with E-state index in [1.807, 2.05) is 16.7 Å². The number of alkyl halides is 2. The van der Waals surface area contributed by atoms with Gasteiger partial charge in [-0.3, -0.25) is 4.79 Å². The number of rotatable bonds is 5. The number of hydrogen-bond acceptors (Lipinski definition) is 3. The van der Waals surface area contributed by atoms with Gasteiger partial charge < -0.3 is 14.5 Å². The van der Waals surface area contributed by atoms with Crippen LogP contribution in [-0.4, -0.2) is 28.4 Å². The number of fused-ring (bicyclic) bond motifs is 1. The molecule has 0 aromatic carbocycles. The highest BCUT2D eigenvalue weighted by molar-refractivity contribution is 6.47. The van der Waals surface area contributed by atoms with Gasteiger partial charge >= 0.3 is 0 Å². The largest absolute Gasteiger partial charge is 0.372 e. The maximum absolute atomic E-state index is 13.4. The van der Waals surface area contributed by atoms with Gasteiger partial charge in [-0.2, -0.15) is 0 Å². The van der Waals surface area contributed by atoms with E-state index in [1.165, 1.54) is 0 Å². The SMILES string of the molecule is N=C(CC1CCC(F)(F)CC1)C(=O)c1cc(C2CCCO2)n2cccc(Cl)c12. The Kier molecular flexibility index (Phi) is 5.27. The summed E-state index contributed by atoms with van der Waals surface area (Å²) in [7, 11) is 0. The molecule has 4 rings (SSSR count). The predicted molar refractivity (Wildman–Crippen MR) is 104 cm³/mol. The van der Waals surface area contributed by atoms with Gasteiger partial charge in [0.1, 0.15) is 0 Å². The van der Waals surface area contributed by atoms with E-state index in [-0.39, 0.29) is 42.8 Å². The molecule has 4 nitrogen and oxygen atoms in total. The molecule has 3 heterocycles. The van der Waals surface area contributed by atoms with Crippen LogP contribution in [0.1, 0.15) is 67.1 Å². The quantitative estimate of drug-likeness (QED) is 0.497. The first-order chi connectivity index (χ1) is 13.4. The topological polar surface area (TPSA) is 54.6 Å². The van der Waals surface area contributed by atoms with E-state index in [0.29, 0.717) is 35.6 Å². The zero-order valence-corrected chi connectivity index (χ0v) is 16.3. The summed E-state index contributed by atoms with van der Waals surface area (Å²) in [4.78, 5) is 13.1. The Bertz CT molecular complexity index is 909. The molecule has 1 saturated carbocycles. The minimum Gasteiger partial charge on any atom is -0.372 e. The zero-order valence-electron chi connectivity index (χ0n) is 15.5. The van der Waals surface area contributed by atoms with Crippen molar-refractivity contribution in [2.75, 3.05) is 6.61 Å². The van der Waals surface area contributed by atoms with Crippen LogP contribution in [0, 0.1) is 11.3 Å². The van der Waals surface area contributed by atoms with Crippen LogP contribution in [0.5, 0.6) is 0 Å². The number of carbonyl (C=O) groups excluding carboxylic acids is 1. The summed E-state index contributed by atoms with van der Waals surface area (Å²) in [6.07, 6.45) is 4.19. The predicted octanol–water partition coefficient (Wildman–Crippen LogP) is 5.86. The number of nitrogens with one attached hydrogen (secondary N) is 1. The minimum absolute atomic E-state index is 0.0403. The van der Waals surface area contributed by atoms with Crippen LogP contribution in [-0.2, 0) is 4.74 Å². The standard InChI is InChI=1S/C21H23ClF2N2O2/c22-15-3-1-9-26-17(18-4-2-10-28-18)12-14(19(15)26)20(27)16(25)11-13-5-7-21(23,24)8-6-13/h1,3,9,12-13,18,25H,2,4-8,10-11H2. The smallest absolute Gasteiger partial charge is 0.248 e. The summed E-state index contributed by atoms with van der Waals surface area (Å²) in [5.74, 6) is -3.03. The average Bonchev–Trinajstić information content (AvgIpc) is 3.31. The van der Waals surface area contributed by atoms with E-state index in [1.54, 1.807) is 12.1 Å². The highest BCUT2D eigenvalue weighted by atomic mass is 35.5. The number of ether oxygens (including phenoxy) is 1. The molecular formula is C21H23ClF2N2O2. The fourth-order valence-electron chi connectivity index (χ4n) is 4.32. The number of hydrogen-bond donors (Lipinski definition) is 1. The van der Waals surface area contributed by atoms with Crippen LogP contribution >= 0.6 is 11.6 Å². The molecular weight excluding hydrogens is 386 g/mol. The normalized spacial score (nSPS) is 22.6. The average molecular weight is 409 g/mol. The molecule has 2 aromatic heterocycles. The molecule has 0 spiro atoms. The molecule has 0 amide bonds.